The fourth-order valence-corrected chi connectivity index (χ4v) is 1.56. The van der Waals surface area contributed by atoms with Crippen LogP contribution in [-0.2, 0) is 0 Å². The molecule has 0 aliphatic carbocycles. The van der Waals surface area contributed by atoms with Crippen molar-refractivity contribution in [3.8, 4) is 0 Å². The molecule has 0 saturated carbocycles. The standard InChI is InChI=1S/C12H16F/c1-8-5-9(2)11(4)12(6-8)10(3)7-13/h5-6H,7H2,1-4H3. The van der Waals surface area contributed by atoms with Gasteiger partial charge in [-0.3, -0.25) is 4.39 Å². The highest BCUT2D eigenvalue weighted by Crippen LogP contribution is 2.23. The summed E-state index contributed by atoms with van der Waals surface area (Å²) in [5.41, 5.74) is 4.70. The van der Waals surface area contributed by atoms with Crippen LogP contribution in [0.5, 0.6) is 0 Å². The third-order valence-electron chi connectivity index (χ3n) is 2.47. The number of halogens is 1. The lowest BCUT2D eigenvalue weighted by atomic mass is 9.92. The van der Waals surface area contributed by atoms with Crippen molar-refractivity contribution in [2.45, 2.75) is 27.7 Å². The van der Waals surface area contributed by atoms with Crippen LogP contribution in [0.3, 0.4) is 0 Å². The Kier molecular flexibility index (Phi) is 3.07. The predicted molar refractivity (Wildman–Crippen MR) is 54.6 cm³/mol. The van der Waals surface area contributed by atoms with Gasteiger partial charge in [0.1, 0.15) is 0 Å². The molecule has 0 heterocycles. The van der Waals surface area contributed by atoms with Gasteiger partial charge in [0.05, 0.1) is 6.67 Å². The molecule has 0 fully saturated rings. The van der Waals surface area contributed by atoms with Crippen molar-refractivity contribution in [1.82, 2.24) is 0 Å². The van der Waals surface area contributed by atoms with Crippen LogP contribution < -0.4 is 0 Å². The summed E-state index contributed by atoms with van der Waals surface area (Å²) in [7, 11) is 0. The smallest absolute Gasteiger partial charge is 0.0997 e. The van der Waals surface area contributed by atoms with Crippen LogP contribution in [0.4, 0.5) is 4.39 Å². The summed E-state index contributed by atoms with van der Waals surface area (Å²) < 4.78 is 12.5. The second-order valence-corrected chi connectivity index (χ2v) is 3.67. The zero-order valence-electron chi connectivity index (χ0n) is 8.74. The molecule has 0 spiro atoms. The number of rotatable bonds is 2. The molecule has 0 saturated heterocycles. The Balaban J connectivity index is 3.20. The van der Waals surface area contributed by atoms with E-state index in [2.05, 4.69) is 19.1 Å². The van der Waals surface area contributed by atoms with Gasteiger partial charge < -0.3 is 0 Å². The van der Waals surface area contributed by atoms with E-state index < -0.39 is 0 Å². The minimum absolute atomic E-state index is 0.357. The maximum Gasteiger partial charge on any atom is 0.0997 e. The lowest BCUT2D eigenvalue weighted by molar-refractivity contribution is 0.515. The first-order valence-electron chi connectivity index (χ1n) is 4.53. The fraction of sp³-hybridized carbons (Fsp3) is 0.417. The van der Waals surface area contributed by atoms with E-state index in [0.717, 1.165) is 11.5 Å². The zero-order chi connectivity index (χ0) is 10.0. The van der Waals surface area contributed by atoms with Crippen molar-refractivity contribution in [1.29, 1.82) is 0 Å². The summed E-state index contributed by atoms with van der Waals surface area (Å²) in [4.78, 5) is 0. The van der Waals surface area contributed by atoms with Crippen LogP contribution in [0.2, 0.25) is 0 Å². The van der Waals surface area contributed by atoms with Gasteiger partial charge in [0.15, 0.2) is 0 Å². The highest BCUT2D eigenvalue weighted by Gasteiger charge is 2.10. The van der Waals surface area contributed by atoms with E-state index in [-0.39, 0.29) is 6.67 Å². The molecule has 0 aromatic heterocycles. The molecule has 71 valence electrons. The Morgan fingerprint density at radius 3 is 2.38 bits per heavy atom. The highest BCUT2D eigenvalue weighted by atomic mass is 19.1. The van der Waals surface area contributed by atoms with Crippen LogP contribution in [0, 0.1) is 26.7 Å². The van der Waals surface area contributed by atoms with Crippen LogP contribution in [0.25, 0.3) is 0 Å². The van der Waals surface area contributed by atoms with E-state index in [1.165, 1.54) is 16.7 Å². The minimum atomic E-state index is -0.357. The zero-order valence-corrected chi connectivity index (χ0v) is 8.74. The Hall–Kier alpha value is -0.850. The van der Waals surface area contributed by atoms with Gasteiger partial charge in [0.2, 0.25) is 0 Å². The molecular formula is C12H16F. The fourth-order valence-electron chi connectivity index (χ4n) is 1.56. The second-order valence-electron chi connectivity index (χ2n) is 3.67. The summed E-state index contributed by atoms with van der Waals surface area (Å²) in [6, 6.07) is 4.18. The lowest BCUT2D eigenvalue weighted by Crippen LogP contribution is -2.01. The topological polar surface area (TPSA) is 0 Å². The number of alkyl halides is 1. The van der Waals surface area contributed by atoms with E-state index in [1.807, 2.05) is 20.8 Å². The molecule has 1 rings (SSSR count). The SMILES string of the molecule is C[C](CF)c1cc(C)cc(C)c1C. The maximum absolute atomic E-state index is 12.5. The maximum atomic E-state index is 12.5. The van der Waals surface area contributed by atoms with E-state index >= 15 is 0 Å². The molecule has 0 unspecified atom stereocenters. The molecule has 0 aliphatic rings. The van der Waals surface area contributed by atoms with Crippen molar-refractivity contribution < 1.29 is 4.39 Å². The lowest BCUT2D eigenvalue weighted by Gasteiger charge is -2.13. The Morgan fingerprint density at radius 2 is 1.85 bits per heavy atom. The number of hydrogen-bond donors (Lipinski definition) is 0. The van der Waals surface area contributed by atoms with Crippen molar-refractivity contribution >= 4 is 0 Å². The third-order valence-corrected chi connectivity index (χ3v) is 2.47. The Morgan fingerprint density at radius 1 is 1.23 bits per heavy atom. The number of aryl methyl sites for hydroxylation is 2. The van der Waals surface area contributed by atoms with Crippen LogP contribution in [0.15, 0.2) is 12.1 Å². The average molecular weight is 179 g/mol. The summed E-state index contributed by atoms with van der Waals surface area (Å²) >= 11 is 0. The molecule has 1 aromatic carbocycles. The summed E-state index contributed by atoms with van der Waals surface area (Å²) in [5.74, 6) is 0.823. The average Bonchev–Trinajstić information content (AvgIpc) is 2.10. The quantitative estimate of drug-likeness (QED) is 0.651. The first kappa shape index (κ1) is 10.2. The van der Waals surface area contributed by atoms with E-state index in [0.29, 0.717) is 0 Å². The third kappa shape index (κ3) is 2.09. The van der Waals surface area contributed by atoms with Gasteiger partial charge >= 0.3 is 0 Å². The molecule has 0 amide bonds. The Bertz CT molecular complexity index is 302. The van der Waals surface area contributed by atoms with E-state index in [9.17, 15) is 4.39 Å². The van der Waals surface area contributed by atoms with Gasteiger partial charge in [0, 0.05) is 5.92 Å². The van der Waals surface area contributed by atoms with E-state index in [4.69, 9.17) is 0 Å². The summed E-state index contributed by atoms with van der Waals surface area (Å²) in [5, 5.41) is 0. The summed E-state index contributed by atoms with van der Waals surface area (Å²) in [6.07, 6.45) is 0. The minimum Gasteiger partial charge on any atom is -0.250 e. The predicted octanol–water partition coefficient (Wildman–Crippen LogP) is 3.52. The van der Waals surface area contributed by atoms with Crippen LogP contribution in [-0.4, -0.2) is 6.67 Å². The highest BCUT2D eigenvalue weighted by molar-refractivity contribution is 5.44. The Labute approximate surface area is 79.8 Å². The first-order chi connectivity index (χ1) is 6.06. The normalized spacial score (nSPS) is 10.9. The van der Waals surface area contributed by atoms with Gasteiger partial charge in [-0.25, -0.2) is 0 Å². The van der Waals surface area contributed by atoms with Gasteiger partial charge in [-0.2, -0.15) is 0 Å². The van der Waals surface area contributed by atoms with Gasteiger partial charge in [-0.05, 0) is 37.5 Å². The molecule has 1 radical (unpaired) electrons. The van der Waals surface area contributed by atoms with Crippen LogP contribution >= 0.6 is 0 Å². The van der Waals surface area contributed by atoms with Crippen molar-refractivity contribution in [3.63, 3.8) is 0 Å². The van der Waals surface area contributed by atoms with Crippen molar-refractivity contribution in [3.05, 3.63) is 40.3 Å². The first-order valence-corrected chi connectivity index (χ1v) is 4.53. The molecule has 0 atom stereocenters. The van der Waals surface area contributed by atoms with Gasteiger partial charge in [-0.15, -0.1) is 0 Å². The molecule has 0 N–H and O–H groups in total. The molecule has 0 nitrogen and oxygen atoms in total. The molecule has 0 bridgehead atoms. The monoisotopic (exact) mass is 179 g/mol. The van der Waals surface area contributed by atoms with Crippen LogP contribution in [0.1, 0.15) is 29.2 Å². The number of hydrogen-bond acceptors (Lipinski definition) is 0. The van der Waals surface area contributed by atoms with Crippen molar-refractivity contribution in [2.75, 3.05) is 6.67 Å². The molecule has 0 aliphatic heterocycles. The number of benzene rings is 1. The molecular weight excluding hydrogens is 163 g/mol. The van der Waals surface area contributed by atoms with E-state index in [1.54, 1.807) is 0 Å². The summed E-state index contributed by atoms with van der Waals surface area (Å²) in [6.45, 7) is 7.65. The molecule has 13 heavy (non-hydrogen) atoms. The van der Waals surface area contributed by atoms with Crippen molar-refractivity contribution in [2.24, 2.45) is 0 Å². The largest absolute Gasteiger partial charge is 0.250 e. The molecule has 1 heteroatoms. The second kappa shape index (κ2) is 3.91. The van der Waals surface area contributed by atoms with Gasteiger partial charge in [0.25, 0.3) is 0 Å². The van der Waals surface area contributed by atoms with Gasteiger partial charge in [-0.1, -0.05) is 24.6 Å². The molecule has 1 aromatic rings.